The van der Waals surface area contributed by atoms with Gasteiger partial charge in [-0.1, -0.05) is 34.1 Å². The number of nitrogens with zero attached hydrogens (tertiary/aromatic N) is 1. The zero-order chi connectivity index (χ0) is 21.1. The summed E-state index contributed by atoms with van der Waals surface area (Å²) < 4.78 is 16.6. The van der Waals surface area contributed by atoms with Crippen molar-refractivity contribution in [3.63, 3.8) is 0 Å². The highest BCUT2D eigenvalue weighted by molar-refractivity contribution is 9.10. The van der Waals surface area contributed by atoms with E-state index in [1.54, 1.807) is 20.3 Å². The zero-order valence-electron chi connectivity index (χ0n) is 16.5. The van der Waals surface area contributed by atoms with Gasteiger partial charge in [0.15, 0.2) is 16.6 Å². The van der Waals surface area contributed by atoms with Crippen molar-refractivity contribution in [2.24, 2.45) is 0 Å². The van der Waals surface area contributed by atoms with Gasteiger partial charge in [0.05, 0.1) is 32.9 Å². The number of ether oxygens (including phenoxy) is 3. The lowest BCUT2D eigenvalue weighted by atomic mass is 9.94. The van der Waals surface area contributed by atoms with E-state index in [2.05, 4.69) is 21.2 Å². The monoisotopic (exact) mass is 476 g/mol. The van der Waals surface area contributed by atoms with Crippen molar-refractivity contribution in [2.75, 3.05) is 26.2 Å². The van der Waals surface area contributed by atoms with Crippen molar-refractivity contribution in [1.82, 2.24) is 5.32 Å². The van der Waals surface area contributed by atoms with Crippen molar-refractivity contribution in [3.8, 4) is 11.5 Å². The molecule has 0 spiro atoms. The first kappa shape index (κ1) is 21.1. The van der Waals surface area contributed by atoms with Crippen LogP contribution in [-0.4, -0.2) is 32.4 Å². The summed E-state index contributed by atoms with van der Waals surface area (Å²) >= 11 is 9.23. The van der Waals surface area contributed by atoms with Crippen LogP contribution in [0, 0.1) is 0 Å². The highest BCUT2D eigenvalue weighted by atomic mass is 79.9. The van der Waals surface area contributed by atoms with Crippen LogP contribution in [0.15, 0.2) is 58.2 Å². The quantitative estimate of drug-likeness (QED) is 0.508. The summed E-state index contributed by atoms with van der Waals surface area (Å²) in [4.78, 5) is 14.6. The van der Waals surface area contributed by atoms with Gasteiger partial charge in [-0.05, 0) is 49.0 Å². The molecule has 152 valence electrons. The van der Waals surface area contributed by atoms with Crippen molar-refractivity contribution in [1.29, 1.82) is 0 Å². The van der Waals surface area contributed by atoms with Crippen LogP contribution in [-0.2, 0) is 9.53 Å². The number of allylic oxidation sites excluding steroid dienone is 1. The van der Waals surface area contributed by atoms with Crippen molar-refractivity contribution in [2.45, 2.75) is 13.0 Å². The standard InChI is InChI=1S/C21H21BrN2O4S/c1-12-18(20(25)28-4)19(14-10-16(26-2)17(27-3)11-15(14)22)23-21(29)24(12)13-8-6-5-7-9-13/h5-11,19H,1-4H3,(H,23,29)/t19-/m1/s1. The fraction of sp³-hybridized carbons (Fsp3) is 0.238. The normalized spacial score (nSPS) is 16.4. The summed E-state index contributed by atoms with van der Waals surface area (Å²) in [5, 5.41) is 3.76. The Bertz CT molecular complexity index is 978. The number of halogens is 1. The maximum absolute atomic E-state index is 12.8. The lowest BCUT2D eigenvalue weighted by molar-refractivity contribution is -0.136. The molecule has 1 atom stereocenters. The van der Waals surface area contributed by atoms with E-state index < -0.39 is 12.0 Å². The number of carbonyl (C=O) groups is 1. The second-order valence-corrected chi connectivity index (χ2v) is 7.51. The van der Waals surface area contributed by atoms with Crippen LogP contribution in [0.1, 0.15) is 18.5 Å². The van der Waals surface area contributed by atoms with E-state index in [0.29, 0.717) is 27.9 Å². The number of esters is 1. The third-order valence-electron chi connectivity index (χ3n) is 4.72. The minimum atomic E-state index is -0.524. The van der Waals surface area contributed by atoms with E-state index in [-0.39, 0.29) is 0 Å². The molecule has 0 aliphatic carbocycles. The summed E-state index contributed by atoms with van der Waals surface area (Å²) in [6, 6.07) is 12.7. The first-order valence-electron chi connectivity index (χ1n) is 8.79. The molecule has 1 aliphatic heterocycles. The number of rotatable bonds is 5. The lowest BCUT2D eigenvalue weighted by Gasteiger charge is -2.37. The molecule has 0 fully saturated rings. The topological polar surface area (TPSA) is 60.0 Å². The van der Waals surface area contributed by atoms with Gasteiger partial charge in [0.2, 0.25) is 0 Å². The second kappa shape index (κ2) is 8.84. The van der Waals surface area contributed by atoms with Crippen LogP contribution in [0.5, 0.6) is 11.5 Å². The summed E-state index contributed by atoms with van der Waals surface area (Å²) in [6.07, 6.45) is 0. The summed E-state index contributed by atoms with van der Waals surface area (Å²) in [5.41, 5.74) is 2.78. The van der Waals surface area contributed by atoms with Gasteiger partial charge >= 0.3 is 5.97 Å². The molecule has 0 radical (unpaired) electrons. The Morgan fingerprint density at radius 3 is 2.31 bits per heavy atom. The van der Waals surface area contributed by atoms with Crippen LogP contribution in [0.25, 0.3) is 0 Å². The molecule has 0 bridgehead atoms. The minimum Gasteiger partial charge on any atom is -0.493 e. The van der Waals surface area contributed by atoms with Crippen LogP contribution in [0.2, 0.25) is 0 Å². The number of methoxy groups -OCH3 is 3. The highest BCUT2D eigenvalue weighted by Crippen LogP contribution is 2.41. The maximum Gasteiger partial charge on any atom is 0.337 e. The Hall–Kier alpha value is -2.58. The van der Waals surface area contributed by atoms with Crippen molar-refractivity contribution in [3.05, 3.63) is 63.8 Å². The van der Waals surface area contributed by atoms with E-state index in [1.165, 1.54) is 7.11 Å². The molecule has 1 N–H and O–H groups in total. The van der Waals surface area contributed by atoms with Gasteiger partial charge in [0.1, 0.15) is 0 Å². The molecule has 8 heteroatoms. The van der Waals surface area contributed by atoms with Crippen LogP contribution >= 0.6 is 28.1 Å². The minimum absolute atomic E-state index is 0.440. The largest absolute Gasteiger partial charge is 0.493 e. The van der Waals surface area contributed by atoms with Gasteiger partial charge in [0, 0.05) is 15.9 Å². The van der Waals surface area contributed by atoms with Crippen molar-refractivity contribution < 1.29 is 19.0 Å². The predicted molar refractivity (Wildman–Crippen MR) is 119 cm³/mol. The van der Waals surface area contributed by atoms with Crippen LogP contribution in [0.3, 0.4) is 0 Å². The molecule has 1 heterocycles. The number of benzene rings is 2. The molecule has 6 nitrogen and oxygen atoms in total. The molecule has 3 rings (SSSR count). The van der Waals surface area contributed by atoms with E-state index >= 15 is 0 Å². The number of anilines is 1. The smallest absolute Gasteiger partial charge is 0.337 e. The molecule has 2 aromatic rings. The fourth-order valence-corrected chi connectivity index (χ4v) is 4.24. The molecule has 0 amide bonds. The number of hydrogen-bond acceptors (Lipinski definition) is 5. The lowest BCUT2D eigenvalue weighted by Crippen LogP contribution is -2.48. The Balaban J connectivity index is 2.19. The van der Waals surface area contributed by atoms with Crippen molar-refractivity contribution >= 4 is 44.9 Å². The van der Waals surface area contributed by atoms with Crippen LogP contribution in [0.4, 0.5) is 5.69 Å². The number of hydrogen-bond donors (Lipinski definition) is 1. The molecule has 2 aromatic carbocycles. The predicted octanol–water partition coefficient (Wildman–Crippen LogP) is 4.35. The molecule has 29 heavy (non-hydrogen) atoms. The number of nitrogens with one attached hydrogen (secondary N) is 1. The molecule has 0 unspecified atom stereocenters. The average molecular weight is 477 g/mol. The number of para-hydroxylation sites is 1. The van der Waals surface area contributed by atoms with E-state index in [0.717, 1.165) is 15.7 Å². The Morgan fingerprint density at radius 2 is 1.72 bits per heavy atom. The summed E-state index contributed by atoms with van der Waals surface area (Å²) in [5.74, 6) is 0.684. The number of thiocarbonyl (C=S) groups is 1. The summed E-state index contributed by atoms with van der Waals surface area (Å²) in [7, 11) is 4.50. The maximum atomic E-state index is 12.8. The molecular formula is C21H21BrN2O4S. The Morgan fingerprint density at radius 1 is 1.10 bits per heavy atom. The average Bonchev–Trinajstić information content (AvgIpc) is 2.73. The molecule has 0 saturated carbocycles. The van der Waals surface area contributed by atoms with E-state index in [4.69, 9.17) is 26.4 Å². The van der Waals surface area contributed by atoms with Gasteiger partial charge in [-0.25, -0.2) is 4.79 Å². The molecular weight excluding hydrogens is 456 g/mol. The molecule has 1 aliphatic rings. The van der Waals surface area contributed by atoms with Gasteiger partial charge in [0.25, 0.3) is 0 Å². The van der Waals surface area contributed by atoms with E-state index in [9.17, 15) is 4.79 Å². The third kappa shape index (κ3) is 3.95. The molecule has 0 saturated heterocycles. The zero-order valence-corrected chi connectivity index (χ0v) is 18.9. The summed E-state index contributed by atoms with van der Waals surface area (Å²) in [6.45, 7) is 1.86. The SMILES string of the molecule is COC(=O)C1=C(C)N(c2ccccc2)C(=S)N[C@@H]1c1cc(OC)c(OC)cc1Br. The van der Waals surface area contributed by atoms with Gasteiger partial charge < -0.3 is 19.5 Å². The van der Waals surface area contributed by atoms with E-state index in [1.807, 2.05) is 48.2 Å². The van der Waals surface area contributed by atoms with Gasteiger partial charge in [-0.3, -0.25) is 4.90 Å². The number of carbonyl (C=O) groups excluding carboxylic acids is 1. The van der Waals surface area contributed by atoms with Gasteiger partial charge in [-0.15, -0.1) is 0 Å². The second-order valence-electron chi connectivity index (χ2n) is 6.27. The van der Waals surface area contributed by atoms with Gasteiger partial charge in [-0.2, -0.15) is 0 Å². The molecule has 0 aromatic heterocycles. The Labute approximate surface area is 183 Å². The first-order valence-corrected chi connectivity index (χ1v) is 9.99. The fourth-order valence-electron chi connectivity index (χ4n) is 3.33. The highest BCUT2D eigenvalue weighted by Gasteiger charge is 2.36. The Kier molecular flexibility index (Phi) is 6.44. The van der Waals surface area contributed by atoms with Crippen LogP contribution < -0.4 is 19.7 Å². The third-order valence-corrected chi connectivity index (χ3v) is 5.71. The first-order chi connectivity index (χ1) is 13.9.